The maximum atomic E-state index is 3.93. The van der Waals surface area contributed by atoms with Crippen molar-refractivity contribution < 1.29 is 0 Å². The smallest absolute Gasteiger partial charge is 0.0285 e. The highest BCUT2D eigenvalue weighted by Gasteiger charge is 1.87. The van der Waals surface area contributed by atoms with Gasteiger partial charge in [-0.15, -0.1) is 0 Å². The molecule has 0 N–H and O–H groups in total. The lowest BCUT2D eigenvalue weighted by Gasteiger charge is -1.97. The molecule has 0 spiro atoms. The lowest BCUT2D eigenvalue weighted by molar-refractivity contribution is 0.720. The maximum Gasteiger partial charge on any atom is -0.0285 e. The van der Waals surface area contributed by atoms with Crippen molar-refractivity contribution in [2.75, 3.05) is 0 Å². The van der Waals surface area contributed by atoms with E-state index in [-0.39, 0.29) is 7.43 Å². The van der Waals surface area contributed by atoms with Gasteiger partial charge in [0.15, 0.2) is 0 Å². The molecule has 0 heterocycles. The molecular formula is C12H22. The molecule has 0 rings (SSSR count). The van der Waals surface area contributed by atoms with E-state index in [2.05, 4.69) is 20.1 Å². The van der Waals surface area contributed by atoms with Crippen molar-refractivity contribution in [1.82, 2.24) is 0 Å². The minimum absolute atomic E-state index is 0. The van der Waals surface area contributed by atoms with E-state index in [0.29, 0.717) is 0 Å². The van der Waals surface area contributed by atoms with Crippen molar-refractivity contribution >= 4 is 0 Å². The van der Waals surface area contributed by atoms with E-state index in [9.17, 15) is 0 Å². The molecule has 0 saturated heterocycles. The zero-order valence-electron chi connectivity index (χ0n) is 7.47. The summed E-state index contributed by atoms with van der Waals surface area (Å²) in [5.41, 5.74) is 1.21. The molecule has 0 atom stereocenters. The first-order chi connectivity index (χ1) is 5.31. The molecule has 0 aliphatic carbocycles. The number of hydrogen-bond acceptors (Lipinski definition) is 0. The van der Waals surface area contributed by atoms with E-state index in [1.807, 2.05) is 12.2 Å². The third kappa shape index (κ3) is 9.22. The molecule has 0 aromatic heterocycles. The van der Waals surface area contributed by atoms with E-state index in [4.69, 9.17) is 0 Å². The van der Waals surface area contributed by atoms with Crippen LogP contribution in [-0.2, 0) is 0 Å². The molecule has 0 aliphatic rings. The van der Waals surface area contributed by atoms with Gasteiger partial charge in [-0.05, 0) is 12.8 Å². The second-order valence-corrected chi connectivity index (χ2v) is 2.71. The van der Waals surface area contributed by atoms with Crippen LogP contribution in [0, 0.1) is 0 Å². The predicted octanol–water partition coefficient (Wildman–Crippen LogP) is 4.50. The topological polar surface area (TPSA) is 0 Å². The molecule has 0 fully saturated rings. The molecule has 0 amide bonds. The second kappa shape index (κ2) is 10.2. The molecular weight excluding hydrogens is 144 g/mol. The van der Waals surface area contributed by atoms with Crippen molar-refractivity contribution in [3.8, 4) is 0 Å². The first-order valence-corrected chi connectivity index (χ1v) is 4.28. The van der Waals surface area contributed by atoms with Crippen LogP contribution >= 0.6 is 0 Å². The molecule has 0 aromatic carbocycles. The van der Waals surface area contributed by atoms with Crippen LogP contribution < -0.4 is 0 Å². The molecule has 0 saturated carbocycles. The molecule has 0 nitrogen and oxygen atoms in total. The van der Waals surface area contributed by atoms with Crippen LogP contribution in [0.25, 0.3) is 0 Å². The van der Waals surface area contributed by atoms with Crippen LogP contribution in [0.3, 0.4) is 0 Å². The standard InChI is InChI=1S/C11H18.CH4/c1-4-6-8-10-11(3)9-7-5-2;/h5,7,9H,2-4,6,8,10H2,1H3;1H4/b9-7-;. The molecule has 70 valence electrons. The van der Waals surface area contributed by atoms with Gasteiger partial charge in [0.05, 0.1) is 0 Å². The van der Waals surface area contributed by atoms with Crippen molar-refractivity contribution in [1.29, 1.82) is 0 Å². The number of unbranched alkanes of at least 4 members (excludes halogenated alkanes) is 2. The van der Waals surface area contributed by atoms with Gasteiger partial charge in [0.2, 0.25) is 0 Å². The van der Waals surface area contributed by atoms with E-state index >= 15 is 0 Å². The zero-order chi connectivity index (χ0) is 8.53. The summed E-state index contributed by atoms with van der Waals surface area (Å²) in [6.07, 6.45) is 10.7. The SMILES string of the molecule is C.C=C/C=C\C(=C)CCCCC. The Balaban J connectivity index is 0. The Kier molecular flexibility index (Phi) is 11.7. The molecule has 0 aromatic rings. The monoisotopic (exact) mass is 166 g/mol. The van der Waals surface area contributed by atoms with Gasteiger partial charge in [-0.25, -0.2) is 0 Å². The predicted molar refractivity (Wildman–Crippen MR) is 59.4 cm³/mol. The van der Waals surface area contributed by atoms with Gasteiger partial charge in [-0.1, -0.05) is 64.2 Å². The number of rotatable bonds is 6. The van der Waals surface area contributed by atoms with Crippen LogP contribution in [0.2, 0.25) is 0 Å². The lowest BCUT2D eigenvalue weighted by Crippen LogP contribution is -1.77. The molecule has 0 unspecified atom stereocenters. The van der Waals surface area contributed by atoms with Gasteiger partial charge >= 0.3 is 0 Å². The summed E-state index contributed by atoms with van der Waals surface area (Å²) in [5, 5.41) is 0. The minimum Gasteiger partial charge on any atom is -0.0991 e. The number of hydrogen-bond donors (Lipinski definition) is 0. The fraction of sp³-hybridized carbons (Fsp3) is 0.500. The Morgan fingerprint density at radius 2 is 2.00 bits per heavy atom. The highest BCUT2D eigenvalue weighted by Crippen LogP contribution is 2.07. The summed E-state index contributed by atoms with van der Waals surface area (Å²) in [6, 6.07) is 0. The van der Waals surface area contributed by atoms with Crippen molar-refractivity contribution in [3.63, 3.8) is 0 Å². The van der Waals surface area contributed by atoms with Gasteiger partial charge in [0.25, 0.3) is 0 Å². The van der Waals surface area contributed by atoms with Gasteiger partial charge in [-0.3, -0.25) is 0 Å². The third-order valence-electron chi connectivity index (χ3n) is 1.57. The van der Waals surface area contributed by atoms with Crippen molar-refractivity contribution in [3.05, 3.63) is 37.0 Å². The molecule has 0 aliphatic heterocycles. The minimum atomic E-state index is 0. The van der Waals surface area contributed by atoms with Gasteiger partial charge in [0.1, 0.15) is 0 Å². The summed E-state index contributed by atoms with van der Waals surface area (Å²) in [4.78, 5) is 0. The maximum absolute atomic E-state index is 3.93. The van der Waals surface area contributed by atoms with E-state index in [1.165, 1.54) is 24.8 Å². The Morgan fingerprint density at radius 3 is 2.50 bits per heavy atom. The summed E-state index contributed by atoms with van der Waals surface area (Å²) < 4.78 is 0. The lowest BCUT2D eigenvalue weighted by atomic mass is 10.1. The number of allylic oxidation sites excluding steroid dienone is 4. The Hall–Kier alpha value is -0.780. The van der Waals surface area contributed by atoms with Crippen LogP contribution in [-0.4, -0.2) is 0 Å². The third-order valence-corrected chi connectivity index (χ3v) is 1.57. The van der Waals surface area contributed by atoms with E-state index in [1.54, 1.807) is 6.08 Å². The molecule has 12 heavy (non-hydrogen) atoms. The fourth-order valence-electron chi connectivity index (χ4n) is 0.890. The van der Waals surface area contributed by atoms with E-state index in [0.717, 1.165) is 6.42 Å². The van der Waals surface area contributed by atoms with Crippen LogP contribution in [0.4, 0.5) is 0 Å². The first-order valence-electron chi connectivity index (χ1n) is 4.28. The summed E-state index contributed by atoms with van der Waals surface area (Å²) in [7, 11) is 0. The van der Waals surface area contributed by atoms with Crippen LogP contribution in [0.1, 0.15) is 40.0 Å². The van der Waals surface area contributed by atoms with E-state index < -0.39 is 0 Å². The highest BCUT2D eigenvalue weighted by molar-refractivity contribution is 5.17. The Labute approximate surface area is 77.7 Å². The molecule has 0 heteroatoms. The molecule has 0 radical (unpaired) electrons. The Morgan fingerprint density at radius 1 is 1.33 bits per heavy atom. The zero-order valence-corrected chi connectivity index (χ0v) is 7.47. The van der Waals surface area contributed by atoms with Crippen molar-refractivity contribution in [2.24, 2.45) is 0 Å². The normalized spacial score (nSPS) is 9.42. The van der Waals surface area contributed by atoms with Gasteiger partial charge < -0.3 is 0 Å². The van der Waals surface area contributed by atoms with Crippen LogP contribution in [0.15, 0.2) is 37.0 Å². The van der Waals surface area contributed by atoms with Gasteiger partial charge in [0, 0.05) is 0 Å². The quantitative estimate of drug-likeness (QED) is 0.402. The second-order valence-electron chi connectivity index (χ2n) is 2.71. The summed E-state index contributed by atoms with van der Waals surface area (Å²) in [5.74, 6) is 0. The van der Waals surface area contributed by atoms with Crippen LogP contribution in [0.5, 0.6) is 0 Å². The average Bonchev–Trinajstić information content (AvgIpc) is 2.01. The molecule has 0 bridgehead atoms. The highest BCUT2D eigenvalue weighted by atomic mass is 13.9. The first kappa shape index (κ1) is 13.8. The largest absolute Gasteiger partial charge is 0.0991 e. The van der Waals surface area contributed by atoms with Crippen molar-refractivity contribution in [2.45, 2.75) is 40.0 Å². The Bertz CT molecular complexity index is 140. The fourth-order valence-corrected chi connectivity index (χ4v) is 0.890. The summed E-state index contributed by atoms with van der Waals surface area (Å²) >= 11 is 0. The summed E-state index contributed by atoms with van der Waals surface area (Å²) in [6.45, 7) is 9.74. The average molecular weight is 166 g/mol. The van der Waals surface area contributed by atoms with Gasteiger partial charge in [-0.2, -0.15) is 0 Å².